The second-order valence-corrected chi connectivity index (χ2v) is 8.18. The predicted octanol–water partition coefficient (Wildman–Crippen LogP) is 4.33. The number of nitrogens with two attached hydrogens (primary N) is 1. The van der Waals surface area contributed by atoms with E-state index in [1.54, 1.807) is 19.2 Å². The maximum absolute atomic E-state index is 11.1. The Morgan fingerprint density at radius 3 is 2.59 bits per heavy atom. The topological polar surface area (TPSA) is 92.6 Å². The largest absolute Gasteiger partial charge is 0.454 e. The molecule has 0 atom stereocenters. The normalized spacial score (nSPS) is 16.0. The number of guanidine groups is 1. The molecule has 0 unspecified atom stereocenters. The first-order chi connectivity index (χ1) is 13.5. The average molecular weight is 575 g/mol. The number of halogens is 2. The van der Waals surface area contributed by atoms with Gasteiger partial charge in [-0.25, -0.2) is 0 Å². The van der Waals surface area contributed by atoms with Gasteiger partial charge in [-0.05, 0) is 42.7 Å². The van der Waals surface area contributed by atoms with Crippen molar-refractivity contribution in [1.82, 2.24) is 10.6 Å². The molecule has 0 bridgehead atoms. The number of carbonyl (C=O) groups excluding carboxylic acids is 1. The Bertz CT molecular complexity index is 847. The van der Waals surface area contributed by atoms with Gasteiger partial charge in [0.1, 0.15) is 5.76 Å². The number of furan rings is 1. The molecule has 1 amide bonds. The fourth-order valence-corrected chi connectivity index (χ4v) is 4.26. The van der Waals surface area contributed by atoms with Crippen LogP contribution in [0.5, 0.6) is 0 Å². The maximum atomic E-state index is 11.1. The lowest BCUT2D eigenvalue weighted by atomic mass is 9.69. The van der Waals surface area contributed by atoms with Crippen molar-refractivity contribution in [3.63, 3.8) is 0 Å². The number of amides is 1. The van der Waals surface area contributed by atoms with E-state index in [1.807, 2.05) is 0 Å². The van der Waals surface area contributed by atoms with Crippen LogP contribution in [0, 0.1) is 0 Å². The summed E-state index contributed by atoms with van der Waals surface area (Å²) in [5.41, 5.74) is 6.69. The minimum absolute atomic E-state index is 0. The fraction of sp³-hybridized carbons (Fsp3) is 0.429. The lowest BCUT2D eigenvalue weighted by molar-refractivity contribution is 0.0972. The summed E-state index contributed by atoms with van der Waals surface area (Å²) in [6, 6.07) is 12.0. The van der Waals surface area contributed by atoms with Crippen LogP contribution in [0.4, 0.5) is 0 Å². The van der Waals surface area contributed by atoms with Gasteiger partial charge in [-0.3, -0.25) is 9.79 Å². The highest BCUT2D eigenvalue weighted by Crippen LogP contribution is 2.39. The van der Waals surface area contributed by atoms with Crippen molar-refractivity contribution >= 4 is 51.8 Å². The molecule has 158 valence electrons. The third-order valence-electron chi connectivity index (χ3n) is 5.40. The van der Waals surface area contributed by atoms with Crippen LogP contribution < -0.4 is 16.4 Å². The van der Waals surface area contributed by atoms with Crippen LogP contribution >= 0.6 is 39.9 Å². The van der Waals surface area contributed by atoms with Crippen LogP contribution in [-0.4, -0.2) is 25.5 Å². The predicted molar refractivity (Wildman–Crippen MR) is 130 cm³/mol. The zero-order valence-electron chi connectivity index (χ0n) is 16.5. The summed E-state index contributed by atoms with van der Waals surface area (Å²) < 4.78 is 6.52. The van der Waals surface area contributed by atoms with Gasteiger partial charge in [-0.2, -0.15) is 0 Å². The van der Waals surface area contributed by atoms with Crippen molar-refractivity contribution < 1.29 is 9.21 Å². The summed E-state index contributed by atoms with van der Waals surface area (Å²) in [5, 5.41) is 6.73. The molecule has 2 aromatic rings. The highest BCUT2D eigenvalue weighted by Gasteiger charge is 2.34. The molecule has 1 aliphatic rings. The number of carbonyl (C=O) groups is 1. The Balaban J connectivity index is 0.00000300. The Labute approximate surface area is 197 Å². The molecule has 4 N–H and O–H groups in total. The first-order valence-corrected chi connectivity index (χ1v) is 10.4. The number of nitrogens with zero attached hydrogens (tertiary/aromatic N) is 1. The molecule has 0 saturated heterocycles. The SMILES string of the molecule is CN=C(NCc1ccc(C(N)=O)o1)NCC1(c2cccc(Br)c2)CCCCC1.I. The number of nitrogens with one attached hydrogen (secondary N) is 2. The molecule has 1 aromatic heterocycles. The van der Waals surface area contributed by atoms with Gasteiger partial charge in [0.25, 0.3) is 5.91 Å². The molecule has 1 heterocycles. The van der Waals surface area contributed by atoms with Crippen molar-refractivity contribution in [3.05, 3.63) is 58.0 Å². The third-order valence-corrected chi connectivity index (χ3v) is 5.89. The molecule has 1 fully saturated rings. The maximum Gasteiger partial charge on any atom is 0.284 e. The van der Waals surface area contributed by atoms with Crippen molar-refractivity contribution in [2.75, 3.05) is 13.6 Å². The average Bonchev–Trinajstić information content (AvgIpc) is 3.18. The smallest absolute Gasteiger partial charge is 0.284 e. The Hall–Kier alpha value is -1.55. The van der Waals surface area contributed by atoms with Crippen LogP contribution in [-0.2, 0) is 12.0 Å². The number of aliphatic imine (C=N–C) groups is 1. The van der Waals surface area contributed by atoms with Crippen LogP contribution in [0.1, 0.15) is 54.0 Å². The summed E-state index contributed by atoms with van der Waals surface area (Å²) in [6.45, 7) is 1.24. The number of hydrogen-bond acceptors (Lipinski definition) is 3. The van der Waals surface area contributed by atoms with Gasteiger partial charge in [-0.15, -0.1) is 24.0 Å². The second kappa shape index (κ2) is 11.0. The van der Waals surface area contributed by atoms with Crippen LogP contribution in [0.15, 0.2) is 50.3 Å². The van der Waals surface area contributed by atoms with Gasteiger partial charge in [0.05, 0.1) is 6.54 Å². The van der Waals surface area contributed by atoms with E-state index in [0.29, 0.717) is 18.3 Å². The van der Waals surface area contributed by atoms with Crippen molar-refractivity contribution in [2.24, 2.45) is 10.7 Å². The molecule has 8 heteroatoms. The quantitative estimate of drug-likeness (QED) is 0.272. The molecule has 0 spiro atoms. The summed E-state index contributed by atoms with van der Waals surface area (Å²) in [5.74, 6) is 0.936. The molecule has 1 aromatic carbocycles. The first-order valence-electron chi connectivity index (χ1n) is 9.61. The fourth-order valence-electron chi connectivity index (χ4n) is 3.86. The Morgan fingerprint density at radius 1 is 1.21 bits per heavy atom. The lowest BCUT2D eigenvalue weighted by Crippen LogP contribution is -2.46. The van der Waals surface area contributed by atoms with Gasteiger partial charge in [0.15, 0.2) is 11.7 Å². The van der Waals surface area contributed by atoms with E-state index >= 15 is 0 Å². The van der Waals surface area contributed by atoms with Crippen molar-refractivity contribution in [2.45, 2.75) is 44.1 Å². The van der Waals surface area contributed by atoms with Gasteiger partial charge in [-0.1, -0.05) is 47.3 Å². The Kier molecular flexibility index (Phi) is 9.01. The van der Waals surface area contributed by atoms with Gasteiger partial charge >= 0.3 is 0 Å². The molecule has 1 saturated carbocycles. The minimum Gasteiger partial charge on any atom is -0.454 e. The third kappa shape index (κ3) is 6.21. The summed E-state index contributed by atoms with van der Waals surface area (Å²) in [7, 11) is 1.75. The van der Waals surface area contributed by atoms with Crippen LogP contribution in [0.25, 0.3) is 0 Å². The molecule has 3 rings (SSSR count). The molecule has 6 nitrogen and oxygen atoms in total. The van der Waals surface area contributed by atoms with E-state index in [2.05, 4.69) is 55.8 Å². The summed E-state index contributed by atoms with van der Waals surface area (Å²) in [4.78, 5) is 15.5. The highest BCUT2D eigenvalue weighted by molar-refractivity contribution is 14.0. The summed E-state index contributed by atoms with van der Waals surface area (Å²) in [6.07, 6.45) is 6.09. The standard InChI is InChI=1S/C21H27BrN4O2.HI/c1-24-20(25-13-17-8-9-18(28-17)19(23)27)26-14-21(10-3-2-4-11-21)15-6-5-7-16(22)12-15;/h5-9,12H,2-4,10-11,13-14H2,1H3,(H2,23,27)(H2,24,25,26);1H. The zero-order chi connectivity index (χ0) is 20.0. The minimum atomic E-state index is -0.568. The van der Waals surface area contributed by atoms with Crippen molar-refractivity contribution in [3.8, 4) is 0 Å². The number of primary amides is 1. The van der Waals surface area contributed by atoms with E-state index in [1.165, 1.54) is 24.8 Å². The van der Waals surface area contributed by atoms with Crippen molar-refractivity contribution in [1.29, 1.82) is 0 Å². The van der Waals surface area contributed by atoms with Gasteiger partial charge in [0.2, 0.25) is 0 Å². The first kappa shape index (κ1) is 23.7. The number of rotatable bonds is 6. The zero-order valence-corrected chi connectivity index (χ0v) is 20.5. The van der Waals surface area contributed by atoms with Gasteiger partial charge < -0.3 is 20.8 Å². The van der Waals surface area contributed by atoms with E-state index in [-0.39, 0.29) is 35.2 Å². The number of benzene rings is 1. The lowest BCUT2D eigenvalue weighted by Gasteiger charge is -2.38. The molecule has 1 aliphatic carbocycles. The van der Waals surface area contributed by atoms with E-state index in [0.717, 1.165) is 23.9 Å². The number of hydrogen-bond donors (Lipinski definition) is 3. The van der Waals surface area contributed by atoms with Crippen LogP contribution in [0.2, 0.25) is 0 Å². The van der Waals surface area contributed by atoms with Gasteiger partial charge in [0, 0.05) is 23.5 Å². The summed E-state index contributed by atoms with van der Waals surface area (Å²) >= 11 is 3.61. The molecule has 0 radical (unpaired) electrons. The van der Waals surface area contributed by atoms with Crippen LogP contribution in [0.3, 0.4) is 0 Å². The highest BCUT2D eigenvalue weighted by atomic mass is 127. The molecular weight excluding hydrogens is 547 g/mol. The van der Waals surface area contributed by atoms with E-state index in [9.17, 15) is 4.79 Å². The second-order valence-electron chi connectivity index (χ2n) is 7.26. The van der Waals surface area contributed by atoms with E-state index < -0.39 is 5.91 Å². The molecule has 0 aliphatic heterocycles. The molecule has 29 heavy (non-hydrogen) atoms. The Morgan fingerprint density at radius 2 is 1.97 bits per heavy atom. The monoisotopic (exact) mass is 574 g/mol. The van der Waals surface area contributed by atoms with E-state index in [4.69, 9.17) is 10.2 Å². The molecular formula is C21H28BrIN4O2.